The van der Waals surface area contributed by atoms with Gasteiger partial charge in [-0.1, -0.05) is 24.3 Å². The molecule has 3 fully saturated rings. The Kier molecular flexibility index (Phi) is 3.29. The van der Waals surface area contributed by atoms with Gasteiger partial charge < -0.3 is 4.90 Å². The SMILES string of the molecule is O=C(Cc1cccc(C2CC2)c1)N1C[C@@H]2CS(=O)(=O)C[C@@H]2C1. The monoisotopic (exact) mass is 319 g/mol. The molecule has 0 radical (unpaired) electrons. The van der Waals surface area contributed by atoms with E-state index in [1.54, 1.807) is 0 Å². The van der Waals surface area contributed by atoms with Crippen LogP contribution in [0.25, 0.3) is 0 Å². The van der Waals surface area contributed by atoms with Crippen molar-refractivity contribution in [3.05, 3.63) is 35.4 Å². The second-order valence-electron chi connectivity index (χ2n) is 7.09. The van der Waals surface area contributed by atoms with E-state index in [2.05, 4.69) is 12.1 Å². The van der Waals surface area contributed by atoms with Gasteiger partial charge in [0, 0.05) is 13.1 Å². The number of hydrogen-bond acceptors (Lipinski definition) is 3. The van der Waals surface area contributed by atoms with Gasteiger partial charge >= 0.3 is 0 Å². The fourth-order valence-electron chi connectivity index (χ4n) is 3.90. The summed E-state index contributed by atoms with van der Waals surface area (Å²) >= 11 is 0. The lowest BCUT2D eigenvalue weighted by Gasteiger charge is -2.17. The smallest absolute Gasteiger partial charge is 0.227 e. The van der Waals surface area contributed by atoms with Crippen LogP contribution in [0.3, 0.4) is 0 Å². The highest BCUT2D eigenvalue weighted by Crippen LogP contribution is 2.40. The second kappa shape index (κ2) is 5.08. The normalized spacial score (nSPS) is 29.5. The first-order valence-electron chi connectivity index (χ1n) is 8.07. The molecule has 0 spiro atoms. The minimum Gasteiger partial charge on any atom is -0.342 e. The van der Waals surface area contributed by atoms with Crippen molar-refractivity contribution in [2.24, 2.45) is 11.8 Å². The van der Waals surface area contributed by atoms with E-state index in [1.165, 1.54) is 18.4 Å². The maximum Gasteiger partial charge on any atom is 0.227 e. The lowest BCUT2D eigenvalue weighted by Crippen LogP contribution is -2.32. The van der Waals surface area contributed by atoms with Gasteiger partial charge in [-0.05, 0) is 41.7 Å². The number of amides is 1. The summed E-state index contributed by atoms with van der Waals surface area (Å²) in [6.07, 6.45) is 2.97. The zero-order valence-electron chi connectivity index (χ0n) is 12.6. The number of benzene rings is 1. The molecule has 2 aliphatic heterocycles. The van der Waals surface area contributed by atoms with E-state index in [9.17, 15) is 13.2 Å². The van der Waals surface area contributed by atoms with Gasteiger partial charge in [-0.2, -0.15) is 0 Å². The summed E-state index contributed by atoms with van der Waals surface area (Å²) in [7, 11) is -2.86. The van der Waals surface area contributed by atoms with E-state index in [4.69, 9.17) is 0 Å². The zero-order chi connectivity index (χ0) is 15.3. The average molecular weight is 319 g/mol. The van der Waals surface area contributed by atoms with Crippen molar-refractivity contribution in [3.8, 4) is 0 Å². The van der Waals surface area contributed by atoms with Gasteiger partial charge in [0.15, 0.2) is 9.84 Å². The summed E-state index contributed by atoms with van der Waals surface area (Å²) in [4.78, 5) is 14.3. The maximum absolute atomic E-state index is 12.5. The molecular weight excluding hydrogens is 298 g/mol. The van der Waals surface area contributed by atoms with Crippen molar-refractivity contribution < 1.29 is 13.2 Å². The number of rotatable bonds is 3. The predicted octanol–water partition coefficient (Wildman–Crippen LogP) is 1.61. The van der Waals surface area contributed by atoms with Gasteiger partial charge in [-0.15, -0.1) is 0 Å². The number of fused-ring (bicyclic) bond motifs is 1. The van der Waals surface area contributed by atoms with Gasteiger partial charge in [0.1, 0.15) is 0 Å². The summed E-state index contributed by atoms with van der Waals surface area (Å²) in [5, 5.41) is 0. The van der Waals surface area contributed by atoms with Crippen LogP contribution in [-0.2, 0) is 21.1 Å². The lowest BCUT2D eigenvalue weighted by molar-refractivity contribution is -0.129. The highest BCUT2D eigenvalue weighted by molar-refractivity contribution is 7.91. The lowest BCUT2D eigenvalue weighted by atomic mass is 10.0. The first kappa shape index (κ1) is 14.2. The Balaban J connectivity index is 1.40. The summed E-state index contributed by atoms with van der Waals surface area (Å²) < 4.78 is 23.2. The molecule has 1 amide bonds. The molecule has 0 aromatic heterocycles. The molecule has 0 N–H and O–H groups in total. The maximum atomic E-state index is 12.5. The molecule has 3 aliphatic rings. The largest absolute Gasteiger partial charge is 0.342 e. The third-order valence-electron chi connectivity index (χ3n) is 5.22. The third-order valence-corrected chi connectivity index (χ3v) is 7.09. The van der Waals surface area contributed by atoms with E-state index in [-0.39, 0.29) is 29.2 Å². The molecular formula is C17H21NO3S. The van der Waals surface area contributed by atoms with Crippen LogP contribution in [0.15, 0.2) is 24.3 Å². The van der Waals surface area contributed by atoms with Crippen LogP contribution in [0.1, 0.15) is 29.9 Å². The van der Waals surface area contributed by atoms with Crippen LogP contribution in [0.4, 0.5) is 0 Å². The number of carbonyl (C=O) groups excluding carboxylic acids is 1. The van der Waals surface area contributed by atoms with Crippen molar-refractivity contribution in [3.63, 3.8) is 0 Å². The van der Waals surface area contributed by atoms with Crippen molar-refractivity contribution in [2.75, 3.05) is 24.6 Å². The highest BCUT2D eigenvalue weighted by atomic mass is 32.2. The number of likely N-dealkylation sites (tertiary alicyclic amines) is 1. The molecule has 2 atom stereocenters. The fraction of sp³-hybridized carbons (Fsp3) is 0.588. The molecule has 0 bridgehead atoms. The summed E-state index contributed by atoms with van der Waals surface area (Å²) in [5.74, 6) is 1.68. The number of sulfone groups is 1. The van der Waals surface area contributed by atoms with Gasteiger partial charge in [0.25, 0.3) is 0 Å². The van der Waals surface area contributed by atoms with E-state index in [0.717, 1.165) is 5.56 Å². The minimum absolute atomic E-state index is 0.139. The Morgan fingerprint density at radius 2 is 1.82 bits per heavy atom. The van der Waals surface area contributed by atoms with Gasteiger partial charge in [0.2, 0.25) is 5.91 Å². The second-order valence-corrected chi connectivity index (χ2v) is 9.25. The Bertz CT molecular complexity index is 688. The molecule has 4 rings (SSSR count). The minimum atomic E-state index is -2.86. The van der Waals surface area contributed by atoms with Gasteiger partial charge in [-0.3, -0.25) is 4.79 Å². The predicted molar refractivity (Wildman–Crippen MR) is 84.3 cm³/mol. The van der Waals surface area contributed by atoms with Gasteiger partial charge in [0.05, 0.1) is 17.9 Å². The zero-order valence-corrected chi connectivity index (χ0v) is 13.4. The molecule has 1 aliphatic carbocycles. The number of carbonyl (C=O) groups is 1. The van der Waals surface area contributed by atoms with Crippen LogP contribution >= 0.6 is 0 Å². The Morgan fingerprint density at radius 3 is 2.45 bits per heavy atom. The molecule has 22 heavy (non-hydrogen) atoms. The van der Waals surface area contributed by atoms with Crippen molar-refractivity contribution in [1.29, 1.82) is 0 Å². The van der Waals surface area contributed by atoms with E-state index in [1.807, 2.05) is 17.0 Å². The highest BCUT2D eigenvalue weighted by Gasteiger charge is 2.44. The Morgan fingerprint density at radius 1 is 1.14 bits per heavy atom. The van der Waals surface area contributed by atoms with Crippen LogP contribution in [0.5, 0.6) is 0 Å². The average Bonchev–Trinajstić information content (AvgIpc) is 3.17. The van der Waals surface area contributed by atoms with E-state index >= 15 is 0 Å². The summed E-state index contributed by atoms with van der Waals surface area (Å²) in [6.45, 7) is 1.23. The number of nitrogens with zero attached hydrogens (tertiary/aromatic N) is 1. The number of hydrogen-bond donors (Lipinski definition) is 0. The van der Waals surface area contributed by atoms with Crippen molar-refractivity contribution in [1.82, 2.24) is 4.90 Å². The Labute approximate surface area is 131 Å². The molecule has 1 saturated carbocycles. The van der Waals surface area contributed by atoms with Gasteiger partial charge in [-0.25, -0.2) is 8.42 Å². The first-order chi connectivity index (χ1) is 10.5. The molecule has 1 aromatic carbocycles. The van der Waals surface area contributed by atoms with Crippen molar-refractivity contribution in [2.45, 2.75) is 25.2 Å². The van der Waals surface area contributed by atoms with Crippen molar-refractivity contribution >= 4 is 15.7 Å². The molecule has 2 heterocycles. The fourth-order valence-corrected chi connectivity index (χ4v) is 6.10. The van der Waals surface area contributed by atoms with Crippen LogP contribution in [0.2, 0.25) is 0 Å². The van der Waals surface area contributed by atoms with E-state index in [0.29, 0.717) is 25.4 Å². The van der Waals surface area contributed by atoms with E-state index < -0.39 is 9.84 Å². The first-order valence-corrected chi connectivity index (χ1v) is 9.89. The third kappa shape index (κ3) is 2.78. The molecule has 118 valence electrons. The van der Waals surface area contributed by atoms with Crippen LogP contribution < -0.4 is 0 Å². The topological polar surface area (TPSA) is 54.5 Å². The molecule has 0 unspecified atom stereocenters. The van der Waals surface area contributed by atoms with Crippen LogP contribution in [-0.4, -0.2) is 43.8 Å². The molecule has 4 nitrogen and oxygen atoms in total. The Hall–Kier alpha value is -1.36. The summed E-state index contributed by atoms with van der Waals surface area (Å²) in [6, 6.07) is 8.38. The molecule has 5 heteroatoms. The molecule has 2 saturated heterocycles. The summed E-state index contributed by atoms with van der Waals surface area (Å²) in [5.41, 5.74) is 2.44. The molecule has 1 aromatic rings. The standard InChI is InChI=1S/C17H21NO3S/c19-17(7-12-2-1-3-14(6-12)13-4-5-13)18-8-15-10-22(20,21)11-16(15)9-18/h1-3,6,13,15-16H,4-5,7-11H2/t15-,16+. The van der Waals surface area contributed by atoms with Crippen LogP contribution in [0, 0.1) is 11.8 Å². The quantitative estimate of drug-likeness (QED) is 0.850.